The molecular formula is C37H39N5O3. The molecule has 3 aromatic heterocycles. The van der Waals surface area contributed by atoms with Gasteiger partial charge in [-0.2, -0.15) is 5.10 Å². The lowest BCUT2D eigenvalue weighted by atomic mass is 9.98. The average molecular weight is 602 g/mol. The fraction of sp³-hybridized carbons (Fsp3) is 0.270. The third-order valence-electron chi connectivity index (χ3n) is 8.86. The zero-order chi connectivity index (χ0) is 30.2. The van der Waals surface area contributed by atoms with Crippen LogP contribution in [0.15, 0.2) is 85.2 Å². The first-order valence-corrected chi connectivity index (χ1v) is 15.7. The lowest BCUT2D eigenvalue weighted by molar-refractivity contribution is -0.0589. The third-order valence-corrected chi connectivity index (χ3v) is 8.86. The van der Waals surface area contributed by atoms with Gasteiger partial charge < -0.3 is 18.8 Å². The van der Waals surface area contributed by atoms with Gasteiger partial charge in [-0.25, -0.2) is 9.97 Å². The summed E-state index contributed by atoms with van der Waals surface area (Å²) in [6, 6.07) is 25.3. The van der Waals surface area contributed by atoms with Gasteiger partial charge in [-0.05, 0) is 72.7 Å². The lowest BCUT2D eigenvalue weighted by Crippen LogP contribution is -2.31. The van der Waals surface area contributed by atoms with Gasteiger partial charge >= 0.3 is 0 Å². The summed E-state index contributed by atoms with van der Waals surface area (Å²) >= 11 is 0. The highest BCUT2D eigenvalue weighted by Crippen LogP contribution is 2.32. The number of hydrogen-bond acceptors (Lipinski definition) is 6. The first-order valence-electron chi connectivity index (χ1n) is 15.7. The Morgan fingerprint density at radius 1 is 0.911 bits per heavy atom. The van der Waals surface area contributed by atoms with E-state index >= 15 is 0 Å². The molecule has 1 fully saturated rings. The first kappa shape index (κ1) is 27.6. The molecule has 8 nitrogen and oxygen atoms in total. The van der Waals surface area contributed by atoms with Gasteiger partial charge in [0.2, 0.25) is 5.88 Å². The van der Waals surface area contributed by atoms with Crippen LogP contribution >= 0.6 is 0 Å². The highest BCUT2D eigenvalue weighted by molar-refractivity contribution is 5.77. The molecule has 0 aliphatic carbocycles. The van der Waals surface area contributed by atoms with E-state index in [1.165, 1.54) is 11.1 Å². The molecule has 8 rings (SSSR count). The number of imidazole rings is 1. The fourth-order valence-corrected chi connectivity index (χ4v) is 6.26. The number of H-pyrrole nitrogens is 1. The number of ether oxygens (including phenoxy) is 3. The summed E-state index contributed by atoms with van der Waals surface area (Å²) in [7, 11) is 0. The normalized spacial score (nSPS) is 16.2. The monoisotopic (exact) mass is 601 g/mol. The Morgan fingerprint density at radius 2 is 1.84 bits per heavy atom. The van der Waals surface area contributed by atoms with Crippen LogP contribution in [0.3, 0.4) is 0 Å². The van der Waals surface area contributed by atoms with E-state index in [4.69, 9.17) is 24.2 Å². The van der Waals surface area contributed by atoms with Crippen LogP contribution in [-0.4, -0.2) is 44.1 Å². The van der Waals surface area contributed by atoms with Crippen molar-refractivity contribution in [2.45, 2.75) is 51.9 Å². The van der Waals surface area contributed by atoms with Gasteiger partial charge in [-0.1, -0.05) is 42.5 Å². The summed E-state index contributed by atoms with van der Waals surface area (Å²) < 4.78 is 21.0. The molecule has 230 valence electrons. The van der Waals surface area contributed by atoms with Crippen molar-refractivity contribution < 1.29 is 17.1 Å². The third kappa shape index (κ3) is 5.69. The predicted octanol–water partition coefficient (Wildman–Crippen LogP) is 7.57. The zero-order valence-corrected chi connectivity index (χ0v) is 25.3. The summed E-state index contributed by atoms with van der Waals surface area (Å²) in [5.41, 5.74) is 10.9. The largest absolute Gasteiger partial charge is 0.493 e. The van der Waals surface area contributed by atoms with Crippen molar-refractivity contribution in [2.24, 2.45) is 0 Å². The number of pyridine rings is 1. The lowest BCUT2D eigenvalue weighted by Gasteiger charge is -2.27. The maximum absolute atomic E-state index is 6.59. The molecular weight excluding hydrogens is 562 g/mol. The second-order valence-corrected chi connectivity index (χ2v) is 12.0. The number of aryl methyl sites for hydroxylation is 2. The maximum atomic E-state index is 6.59. The standard InChI is InChI=1S/C37H35N5O3.2H2/c1-24-7-12-33-34(16-24)42(22-31-13-15-43-31)36(40-33)19-28-10-9-27-18-35(28)44-14-3-4-25-17-26(30-20-38-39-21-30)8-11-29(25)23-45-37-6-2-5-32(27)41-37;;/h2,5-12,16-18,20-21,31H,3-4,13-15,19,22-23H2,1H3,(H,38,39);2*1H. The van der Waals surface area contributed by atoms with Crippen LogP contribution in [0.2, 0.25) is 0 Å². The number of fused-ring (bicyclic) bond motifs is 7. The summed E-state index contributed by atoms with van der Waals surface area (Å²) in [4.78, 5) is 9.95. The highest BCUT2D eigenvalue weighted by Gasteiger charge is 2.23. The molecule has 1 unspecified atom stereocenters. The van der Waals surface area contributed by atoms with Crippen molar-refractivity contribution >= 4 is 11.0 Å². The minimum absolute atomic E-state index is 0. The number of aromatic nitrogens is 5. The van der Waals surface area contributed by atoms with Gasteiger partial charge in [0.05, 0.1) is 42.2 Å². The molecule has 1 atom stereocenters. The fourth-order valence-electron chi connectivity index (χ4n) is 6.26. The van der Waals surface area contributed by atoms with Crippen LogP contribution in [0.1, 0.15) is 43.8 Å². The molecule has 0 radical (unpaired) electrons. The van der Waals surface area contributed by atoms with E-state index < -0.39 is 0 Å². The van der Waals surface area contributed by atoms with Gasteiger partial charge in [-0.3, -0.25) is 5.10 Å². The van der Waals surface area contributed by atoms with Gasteiger partial charge in [0, 0.05) is 44.8 Å². The number of benzene rings is 3. The number of nitrogens with zero attached hydrogens (tertiary/aromatic N) is 4. The SMILES string of the molecule is Cc1ccc2nc(Cc3ccc4cc3OCCCc3cc(-c5cn[nH]c5)ccc3COc3cccc-4n3)n(CC3CCO3)c2c1.[HH].[HH]. The molecule has 45 heavy (non-hydrogen) atoms. The molecule has 0 amide bonds. The smallest absolute Gasteiger partial charge is 0.214 e. The summed E-state index contributed by atoms with van der Waals surface area (Å²) in [5.74, 6) is 2.48. The Hall–Kier alpha value is -4.95. The van der Waals surface area contributed by atoms with E-state index in [0.717, 1.165) is 88.5 Å². The second kappa shape index (κ2) is 11.9. The Morgan fingerprint density at radius 3 is 2.71 bits per heavy atom. The maximum Gasteiger partial charge on any atom is 0.214 e. The van der Waals surface area contributed by atoms with Crippen LogP contribution in [0.25, 0.3) is 33.4 Å². The van der Waals surface area contributed by atoms with E-state index in [2.05, 4.69) is 76.3 Å². The Bertz CT molecular complexity index is 1990. The van der Waals surface area contributed by atoms with Gasteiger partial charge in [0.15, 0.2) is 0 Å². The van der Waals surface area contributed by atoms with Crippen LogP contribution in [0, 0.1) is 6.92 Å². The van der Waals surface area contributed by atoms with E-state index in [-0.39, 0.29) is 8.96 Å². The van der Waals surface area contributed by atoms with Crippen LogP contribution in [0.5, 0.6) is 11.6 Å². The average Bonchev–Trinajstić information content (AvgIpc) is 3.69. The predicted molar refractivity (Wildman–Crippen MR) is 178 cm³/mol. The molecule has 6 aromatic rings. The molecule has 5 heterocycles. The van der Waals surface area contributed by atoms with Gasteiger partial charge in [0.1, 0.15) is 18.2 Å². The van der Waals surface area contributed by atoms with Crippen molar-refractivity contribution in [2.75, 3.05) is 13.2 Å². The summed E-state index contributed by atoms with van der Waals surface area (Å²) in [6.45, 7) is 4.81. The Balaban J connectivity index is 0.00000193. The van der Waals surface area contributed by atoms with Gasteiger partial charge in [0.25, 0.3) is 0 Å². The number of aromatic amines is 1. The molecule has 1 saturated heterocycles. The highest BCUT2D eigenvalue weighted by atomic mass is 16.5. The van der Waals surface area contributed by atoms with Crippen LogP contribution in [0.4, 0.5) is 0 Å². The summed E-state index contributed by atoms with van der Waals surface area (Å²) in [5, 5.41) is 7.05. The van der Waals surface area contributed by atoms with E-state index in [1.54, 1.807) is 0 Å². The first-order chi connectivity index (χ1) is 22.2. The van der Waals surface area contributed by atoms with E-state index in [9.17, 15) is 0 Å². The van der Waals surface area contributed by atoms with Crippen LogP contribution in [-0.2, 0) is 30.7 Å². The van der Waals surface area contributed by atoms with Crippen molar-refractivity contribution in [1.29, 1.82) is 0 Å². The van der Waals surface area contributed by atoms with E-state index in [1.807, 2.05) is 30.6 Å². The van der Waals surface area contributed by atoms with Crippen LogP contribution < -0.4 is 9.47 Å². The van der Waals surface area contributed by atoms with E-state index in [0.29, 0.717) is 25.5 Å². The van der Waals surface area contributed by atoms with Gasteiger partial charge in [-0.15, -0.1) is 0 Å². The molecule has 2 aliphatic rings. The molecule has 2 aliphatic heterocycles. The van der Waals surface area contributed by atoms with Crippen molar-refractivity contribution in [3.8, 4) is 34.0 Å². The zero-order valence-electron chi connectivity index (χ0n) is 25.3. The number of nitrogens with one attached hydrogen (secondary N) is 1. The molecule has 0 saturated carbocycles. The molecule has 3 aromatic carbocycles. The second-order valence-electron chi connectivity index (χ2n) is 12.0. The number of rotatable bonds is 5. The summed E-state index contributed by atoms with van der Waals surface area (Å²) in [6.07, 6.45) is 7.47. The van der Waals surface area contributed by atoms with Crippen molar-refractivity contribution in [1.82, 2.24) is 24.7 Å². The number of hydrogen-bond donors (Lipinski definition) is 1. The topological polar surface area (TPSA) is 87.1 Å². The van der Waals surface area contributed by atoms with Crippen molar-refractivity contribution in [3.63, 3.8) is 0 Å². The molecule has 0 spiro atoms. The van der Waals surface area contributed by atoms with Crippen molar-refractivity contribution in [3.05, 3.63) is 113 Å². The Kier molecular flexibility index (Phi) is 7.27. The molecule has 8 heteroatoms. The Labute approximate surface area is 265 Å². The molecule has 4 bridgehead atoms. The minimum Gasteiger partial charge on any atom is -0.493 e. The quantitative estimate of drug-likeness (QED) is 0.219. The molecule has 1 N–H and O–H groups in total. The minimum atomic E-state index is 0.